The molecule has 0 rings (SSSR count). The average Bonchev–Trinajstić information content (AvgIpc) is 3.22. The normalized spacial score (nSPS) is 12.3. The van der Waals surface area contributed by atoms with Gasteiger partial charge in [0.2, 0.25) is 0 Å². The molecule has 0 saturated heterocycles. The highest BCUT2D eigenvalue weighted by Gasteiger charge is 2.19. The summed E-state index contributed by atoms with van der Waals surface area (Å²) >= 11 is 0. The van der Waals surface area contributed by atoms with E-state index in [-0.39, 0.29) is 31.1 Å². The lowest BCUT2D eigenvalue weighted by Gasteiger charge is -2.18. The smallest absolute Gasteiger partial charge is 0.306 e. The van der Waals surface area contributed by atoms with E-state index in [0.29, 0.717) is 19.3 Å². The van der Waals surface area contributed by atoms with Crippen molar-refractivity contribution < 1.29 is 28.6 Å². The Morgan fingerprint density at radius 3 is 0.948 bits per heavy atom. The lowest BCUT2D eigenvalue weighted by molar-refractivity contribution is -0.167. The number of unbranched alkanes of at least 4 members (excludes halogenated alkanes) is 30. The summed E-state index contributed by atoms with van der Waals surface area (Å²) in [5, 5.41) is 0. The van der Waals surface area contributed by atoms with E-state index in [9.17, 15) is 14.4 Å². The fourth-order valence-electron chi connectivity index (χ4n) is 7.15. The van der Waals surface area contributed by atoms with Gasteiger partial charge in [-0.25, -0.2) is 0 Å². The number of hydrogen-bond acceptors (Lipinski definition) is 6. The first-order valence-corrected chi connectivity index (χ1v) is 25.0. The van der Waals surface area contributed by atoms with Gasteiger partial charge in [-0.3, -0.25) is 14.4 Å². The predicted molar refractivity (Wildman–Crippen MR) is 247 cm³/mol. The highest BCUT2D eigenvalue weighted by Crippen LogP contribution is 2.15. The Morgan fingerprint density at radius 2 is 0.621 bits per heavy atom. The molecule has 0 heterocycles. The highest BCUT2D eigenvalue weighted by molar-refractivity contribution is 5.71. The van der Waals surface area contributed by atoms with Crippen LogP contribution in [0.2, 0.25) is 0 Å². The van der Waals surface area contributed by atoms with Crippen molar-refractivity contribution >= 4 is 17.9 Å². The lowest BCUT2D eigenvalue weighted by Crippen LogP contribution is -2.30. The van der Waals surface area contributed by atoms with Crippen LogP contribution in [0, 0.1) is 0 Å². The molecular formula is C52H94O6. The van der Waals surface area contributed by atoms with Gasteiger partial charge in [0.05, 0.1) is 0 Å². The van der Waals surface area contributed by atoms with E-state index in [1.807, 2.05) is 0 Å². The molecule has 0 aromatic heterocycles. The Morgan fingerprint density at radius 1 is 0.345 bits per heavy atom. The van der Waals surface area contributed by atoms with Crippen molar-refractivity contribution in [1.82, 2.24) is 0 Å². The van der Waals surface area contributed by atoms with Crippen molar-refractivity contribution in [3.63, 3.8) is 0 Å². The van der Waals surface area contributed by atoms with E-state index in [4.69, 9.17) is 14.2 Å². The van der Waals surface area contributed by atoms with Crippen LogP contribution < -0.4 is 0 Å². The number of carbonyl (C=O) groups is 3. The third-order valence-corrected chi connectivity index (χ3v) is 11.0. The van der Waals surface area contributed by atoms with Crippen LogP contribution in [0.3, 0.4) is 0 Å². The van der Waals surface area contributed by atoms with Crippen LogP contribution in [0.4, 0.5) is 0 Å². The first-order valence-electron chi connectivity index (χ1n) is 25.0. The SMILES string of the molecule is CCCCCCC\C=C/C=C\C=C/CCCCCCCC(=O)OCC(COC(=O)CCCCCCCCCCC)OC(=O)CCCCCCCCCCCCCCC. The standard InChI is InChI=1S/C52H94O6/c1-4-7-10-13-16-19-21-23-24-25-26-27-29-30-33-36-39-42-45-51(54)57-48-49(47-56-50(53)44-41-38-35-32-18-15-12-9-6-3)58-52(55)46-43-40-37-34-31-28-22-20-17-14-11-8-5-2/h21,23-27,49H,4-20,22,28-48H2,1-3H3/b23-21-,25-24-,27-26-. The molecule has 0 bridgehead atoms. The summed E-state index contributed by atoms with van der Waals surface area (Å²) in [5.74, 6) is -0.890. The van der Waals surface area contributed by atoms with Crippen LogP contribution >= 0.6 is 0 Å². The number of carbonyl (C=O) groups excluding carboxylic acids is 3. The summed E-state index contributed by atoms with van der Waals surface area (Å²) in [6.45, 7) is 6.60. The van der Waals surface area contributed by atoms with Crippen LogP contribution in [0.25, 0.3) is 0 Å². The van der Waals surface area contributed by atoms with Crippen LogP contribution in [0.15, 0.2) is 36.5 Å². The third-order valence-electron chi connectivity index (χ3n) is 11.0. The Kier molecular flexibility index (Phi) is 45.4. The Hall–Kier alpha value is -2.37. The third kappa shape index (κ3) is 44.7. The molecule has 0 aliphatic heterocycles. The minimum Gasteiger partial charge on any atom is -0.462 e. The molecule has 0 aromatic carbocycles. The molecular weight excluding hydrogens is 721 g/mol. The Balaban J connectivity index is 4.34. The van der Waals surface area contributed by atoms with Gasteiger partial charge in [0.25, 0.3) is 0 Å². The minimum atomic E-state index is -0.773. The first kappa shape index (κ1) is 55.6. The van der Waals surface area contributed by atoms with Gasteiger partial charge in [0.15, 0.2) is 6.10 Å². The largest absolute Gasteiger partial charge is 0.462 e. The quantitative estimate of drug-likeness (QED) is 0.0264. The lowest BCUT2D eigenvalue weighted by atomic mass is 10.0. The van der Waals surface area contributed by atoms with Crippen molar-refractivity contribution in [2.75, 3.05) is 13.2 Å². The molecule has 0 radical (unpaired) electrons. The molecule has 0 amide bonds. The second-order valence-corrected chi connectivity index (χ2v) is 16.8. The topological polar surface area (TPSA) is 78.9 Å². The number of hydrogen-bond donors (Lipinski definition) is 0. The molecule has 6 heteroatoms. The number of allylic oxidation sites excluding steroid dienone is 6. The molecule has 338 valence electrons. The monoisotopic (exact) mass is 815 g/mol. The van der Waals surface area contributed by atoms with Gasteiger partial charge in [-0.1, -0.05) is 231 Å². The van der Waals surface area contributed by atoms with Crippen molar-refractivity contribution in [1.29, 1.82) is 0 Å². The summed E-state index contributed by atoms with van der Waals surface area (Å²) in [6.07, 6.45) is 54.1. The fraction of sp³-hybridized carbons (Fsp3) is 0.827. The van der Waals surface area contributed by atoms with Gasteiger partial charge in [0.1, 0.15) is 13.2 Å². The van der Waals surface area contributed by atoms with E-state index in [1.165, 1.54) is 141 Å². The van der Waals surface area contributed by atoms with Crippen molar-refractivity contribution in [2.45, 2.75) is 264 Å². The van der Waals surface area contributed by atoms with E-state index in [0.717, 1.165) is 77.0 Å². The number of rotatable bonds is 45. The molecule has 0 fully saturated rings. The fourth-order valence-corrected chi connectivity index (χ4v) is 7.15. The van der Waals surface area contributed by atoms with Crippen molar-refractivity contribution in [3.8, 4) is 0 Å². The first-order chi connectivity index (χ1) is 28.5. The molecule has 6 nitrogen and oxygen atoms in total. The average molecular weight is 815 g/mol. The van der Waals surface area contributed by atoms with Crippen molar-refractivity contribution in [2.24, 2.45) is 0 Å². The molecule has 0 spiro atoms. The van der Waals surface area contributed by atoms with E-state index >= 15 is 0 Å². The highest BCUT2D eigenvalue weighted by atomic mass is 16.6. The molecule has 1 atom stereocenters. The van der Waals surface area contributed by atoms with Gasteiger partial charge >= 0.3 is 17.9 Å². The molecule has 0 N–H and O–H groups in total. The molecule has 0 aliphatic rings. The minimum absolute atomic E-state index is 0.0754. The van der Waals surface area contributed by atoms with Crippen LogP contribution in [0.1, 0.15) is 258 Å². The second kappa shape index (κ2) is 47.3. The number of esters is 3. The molecule has 0 aliphatic carbocycles. The Labute approximate surface area is 359 Å². The van der Waals surface area contributed by atoms with Crippen LogP contribution in [-0.2, 0) is 28.6 Å². The number of ether oxygens (including phenoxy) is 3. The van der Waals surface area contributed by atoms with E-state index in [2.05, 4.69) is 57.2 Å². The van der Waals surface area contributed by atoms with Gasteiger partial charge in [-0.15, -0.1) is 0 Å². The summed E-state index contributed by atoms with van der Waals surface area (Å²) in [6, 6.07) is 0. The van der Waals surface area contributed by atoms with Gasteiger partial charge in [-0.2, -0.15) is 0 Å². The molecule has 0 aromatic rings. The van der Waals surface area contributed by atoms with Crippen LogP contribution in [0.5, 0.6) is 0 Å². The zero-order valence-corrected chi connectivity index (χ0v) is 38.6. The van der Waals surface area contributed by atoms with Gasteiger partial charge < -0.3 is 14.2 Å². The van der Waals surface area contributed by atoms with Crippen LogP contribution in [-0.4, -0.2) is 37.2 Å². The van der Waals surface area contributed by atoms with Crippen molar-refractivity contribution in [3.05, 3.63) is 36.5 Å². The summed E-state index contributed by atoms with van der Waals surface area (Å²) in [5.41, 5.74) is 0. The maximum atomic E-state index is 12.7. The molecule has 0 saturated carbocycles. The zero-order valence-electron chi connectivity index (χ0n) is 38.6. The summed E-state index contributed by atoms with van der Waals surface area (Å²) in [4.78, 5) is 37.8. The Bertz CT molecular complexity index is 984. The summed E-state index contributed by atoms with van der Waals surface area (Å²) < 4.78 is 16.7. The second-order valence-electron chi connectivity index (χ2n) is 16.8. The maximum absolute atomic E-state index is 12.7. The van der Waals surface area contributed by atoms with Gasteiger partial charge in [-0.05, 0) is 44.9 Å². The van der Waals surface area contributed by atoms with E-state index < -0.39 is 6.10 Å². The molecule has 1 unspecified atom stereocenters. The summed E-state index contributed by atoms with van der Waals surface area (Å²) in [7, 11) is 0. The van der Waals surface area contributed by atoms with Gasteiger partial charge in [0, 0.05) is 19.3 Å². The maximum Gasteiger partial charge on any atom is 0.306 e. The molecule has 58 heavy (non-hydrogen) atoms. The predicted octanol–water partition coefficient (Wildman–Crippen LogP) is 16.1. The zero-order chi connectivity index (χ0) is 42.3. The van der Waals surface area contributed by atoms with E-state index in [1.54, 1.807) is 0 Å².